The molecule has 0 radical (unpaired) electrons. The number of rotatable bonds is 4. The molecule has 6 atom stereocenters. The van der Waals surface area contributed by atoms with E-state index in [-0.39, 0.29) is 50.4 Å². The molecule has 0 aromatic heterocycles. The number of hydrogen-bond donors (Lipinski definition) is 0. The molecule has 1 saturated carbocycles. The molecule has 3 heterocycles. The van der Waals surface area contributed by atoms with Gasteiger partial charge in [-0.1, -0.05) is 0 Å². The second-order valence-electron chi connectivity index (χ2n) is 9.35. The van der Waals surface area contributed by atoms with Crippen LogP contribution >= 0.6 is 0 Å². The summed E-state index contributed by atoms with van der Waals surface area (Å²) in [6, 6.07) is 13.8. The number of nitrogens with zero attached hydrogens (tertiary/aromatic N) is 1. The molecule has 182 valence electrons. The molecule has 8 nitrogen and oxygen atoms in total. The van der Waals surface area contributed by atoms with Gasteiger partial charge in [-0.25, -0.2) is 0 Å². The molecule has 2 aromatic rings. The summed E-state index contributed by atoms with van der Waals surface area (Å²) in [7, 11) is 0. The van der Waals surface area contributed by atoms with Crippen LogP contribution in [-0.4, -0.2) is 62.7 Å². The molecule has 1 saturated heterocycles. The van der Waals surface area contributed by atoms with Crippen LogP contribution in [-0.2, 0) is 30.4 Å². The third kappa shape index (κ3) is 3.78. The number of carbonyl (C=O) groups is 3. The van der Waals surface area contributed by atoms with E-state index in [1.807, 2.05) is 35.2 Å². The van der Waals surface area contributed by atoms with Gasteiger partial charge in [0.2, 0.25) is 0 Å². The third-order valence-electron chi connectivity index (χ3n) is 7.27. The van der Waals surface area contributed by atoms with Crippen molar-refractivity contribution in [2.24, 2.45) is 5.92 Å². The first kappa shape index (κ1) is 22.4. The summed E-state index contributed by atoms with van der Waals surface area (Å²) in [6.45, 7) is 3.36. The van der Waals surface area contributed by atoms with Gasteiger partial charge in [-0.2, -0.15) is 0 Å². The maximum absolute atomic E-state index is 13.3. The van der Waals surface area contributed by atoms with Gasteiger partial charge in [0.1, 0.15) is 0 Å². The molecule has 0 unspecified atom stereocenters. The van der Waals surface area contributed by atoms with E-state index in [2.05, 4.69) is 12.1 Å². The van der Waals surface area contributed by atoms with Gasteiger partial charge in [-0.05, 0) is 0 Å². The molecule has 2 aromatic carbocycles. The Morgan fingerprint density at radius 2 is 1.69 bits per heavy atom. The van der Waals surface area contributed by atoms with Crippen LogP contribution in [0.5, 0.6) is 11.5 Å². The Kier molecular flexibility index (Phi) is 5.49. The van der Waals surface area contributed by atoms with Gasteiger partial charge in [0.15, 0.2) is 0 Å². The summed E-state index contributed by atoms with van der Waals surface area (Å²) in [5.41, 5.74) is 1.90. The van der Waals surface area contributed by atoms with Gasteiger partial charge in [-0.3, -0.25) is 0 Å². The summed E-state index contributed by atoms with van der Waals surface area (Å²) < 4.78 is 24.3. The number of hydrogen-bond acceptors (Lipinski definition) is 7. The van der Waals surface area contributed by atoms with E-state index in [1.54, 1.807) is 0 Å². The normalized spacial score (nSPS) is 29.9. The molecule has 1 amide bonds. The Morgan fingerprint density at radius 3 is 2.40 bits per heavy atom. The third-order valence-corrected chi connectivity index (χ3v) is 10.3. The minimum absolute atomic E-state index is 0.0255. The second kappa shape index (κ2) is 8.57. The van der Waals surface area contributed by atoms with Gasteiger partial charge in [0.05, 0.1) is 0 Å². The number of ether oxygens (including phenoxy) is 4. The molecule has 6 rings (SSSR count). The Labute approximate surface area is 209 Å². The van der Waals surface area contributed by atoms with Crippen molar-refractivity contribution in [2.75, 3.05) is 6.79 Å². The summed E-state index contributed by atoms with van der Waals surface area (Å²) >= 11 is -0.110. The standard InChI is InChI=1S/C26H25NO7Se/c1-13(28)33-24-22-17-9-20-19(31-12-32-20)8-15(17)11-27-21(30)10-18(23(22)27)26(25(24)34-14(2)29)35-16-6-4-3-5-7-16/h3-9,18,22-26H,10-12H2,1-2H3/t18-,22-,23+,24-,25+,26+/m0/s1. The van der Waals surface area contributed by atoms with Crippen molar-refractivity contribution in [3.8, 4) is 11.5 Å². The van der Waals surface area contributed by atoms with Crippen LogP contribution in [0.1, 0.15) is 37.3 Å². The first-order valence-electron chi connectivity index (χ1n) is 11.7. The zero-order valence-electron chi connectivity index (χ0n) is 19.3. The molecule has 0 spiro atoms. The fourth-order valence-electron chi connectivity index (χ4n) is 6.09. The van der Waals surface area contributed by atoms with E-state index in [1.165, 1.54) is 13.8 Å². The number of amides is 1. The second-order valence-corrected chi connectivity index (χ2v) is 12.0. The van der Waals surface area contributed by atoms with Crippen LogP contribution in [0.15, 0.2) is 42.5 Å². The monoisotopic (exact) mass is 543 g/mol. The van der Waals surface area contributed by atoms with Crippen molar-refractivity contribution in [3.63, 3.8) is 0 Å². The zero-order chi connectivity index (χ0) is 24.3. The van der Waals surface area contributed by atoms with E-state index >= 15 is 0 Å². The fraction of sp³-hybridized carbons (Fsp3) is 0.423. The van der Waals surface area contributed by atoms with Crippen molar-refractivity contribution in [3.05, 3.63) is 53.6 Å². The average molecular weight is 542 g/mol. The number of carbonyl (C=O) groups excluding carboxylic acids is 3. The summed E-state index contributed by atoms with van der Waals surface area (Å²) in [6.07, 6.45) is -1.00. The van der Waals surface area contributed by atoms with Crippen LogP contribution in [0.2, 0.25) is 4.82 Å². The maximum atomic E-state index is 13.3. The van der Waals surface area contributed by atoms with E-state index in [9.17, 15) is 14.4 Å². The van der Waals surface area contributed by atoms with E-state index in [0.717, 1.165) is 15.6 Å². The number of esters is 2. The van der Waals surface area contributed by atoms with Crippen LogP contribution in [0.25, 0.3) is 0 Å². The molecule has 3 aliphatic heterocycles. The minimum atomic E-state index is -0.721. The summed E-state index contributed by atoms with van der Waals surface area (Å²) in [5, 5.41) is 0. The van der Waals surface area contributed by atoms with Crippen molar-refractivity contribution in [1.29, 1.82) is 0 Å². The van der Waals surface area contributed by atoms with Gasteiger partial charge in [0.25, 0.3) is 0 Å². The quantitative estimate of drug-likeness (QED) is 0.431. The van der Waals surface area contributed by atoms with Crippen LogP contribution in [0.3, 0.4) is 0 Å². The predicted octanol–water partition coefficient (Wildman–Crippen LogP) is 1.92. The van der Waals surface area contributed by atoms with Crippen LogP contribution in [0, 0.1) is 5.92 Å². The number of benzene rings is 2. The van der Waals surface area contributed by atoms with E-state index < -0.39 is 24.1 Å². The average Bonchev–Trinajstić information content (AvgIpc) is 3.41. The summed E-state index contributed by atoms with van der Waals surface area (Å²) in [4.78, 5) is 39.8. The van der Waals surface area contributed by atoms with Gasteiger partial charge < -0.3 is 0 Å². The van der Waals surface area contributed by atoms with Crippen molar-refractivity contribution in [1.82, 2.24) is 4.90 Å². The van der Waals surface area contributed by atoms with Crippen molar-refractivity contribution >= 4 is 37.3 Å². The Hall–Kier alpha value is -3.03. The Balaban J connectivity index is 1.50. The molecule has 9 heteroatoms. The van der Waals surface area contributed by atoms with E-state index in [0.29, 0.717) is 24.5 Å². The van der Waals surface area contributed by atoms with Crippen molar-refractivity contribution < 1.29 is 33.3 Å². The topological polar surface area (TPSA) is 91.4 Å². The first-order chi connectivity index (χ1) is 16.9. The summed E-state index contributed by atoms with van der Waals surface area (Å²) in [5.74, 6) is 0.129. The number of fused-ring (bicyclic) bond motifs is 3. The van der Waals surface area contributed by atoms with E-state index in [4.69, 9.17) is 18.9 Å². The Bertz CT molecular complexity index is 1200. The van der Waals surface area contributed by atoms with Gasteiger partial charge in [0, 0.05) is 0 Å². The molecule has 4 aliphatic rings. The molecule has 2 fully saturated rings. The Morgan fingerprint density at radius 1 is 1.00 bits per heavy atom. The SMILES string of the molecule is CC(=O)O[C@@H]1[C@@H](OC(C)=O)[C@H]2c3cc4c(cc3CN3C(=O)C[C@H]([C@H]1[Se]c1ccccc1)[C@H]23)OCO4. The molecular formula is C26H25NO7Se. The molecule has 0 bridgehead atoms. The first-order valence-corrected chi connectivity index (χ1v) is 13.5. The molecular weight excluding hydrogens is 517 g/mol. The van der Waals surface area contributed by atoms with Gasteiger partial charge in [-0.15, -0.1) is 0 Å². The molecule has 0 N–H and O–H groups in total. The zero-order valence-corrected chi connectivity index (χ0v) is 21.1. The van der Waals surface area contributed by atoms with Gasteiger partial charge >= 0.3 is 209 Å². The fourth-order valence-corrected chi connectivity index (χ4v) is 9.04. The van der Waals surface area contributed by atoms with Crippen molar-refractivity contribution in [2.45, 2.75) is 55.8 Å². The molecule has 1 aliphatic carbocycles. The predicted molar refractivity (Wildman–Crippen MR) is 124 cm³/mol. The van der Waals surface area contributed by atoms with Crippen LogP contribution < -0.4 is 13.9 Å². The van der Waals surface area contributed by atoms with Crippen LogP contribution in [0.4, 0.5) is 0 Å². The molecule has 35 heavy (non-hydrogen) atoms.